The molecule has 0 saturated carbocycles. The first-order valence-corrected chi connectivity index (χ1v) is 26.2. The van der Waals surface area contributed by atoms with Crippen LogP contribution in [-0.4, -0.2) is 113 Å². The maximum Gasteiger partial charge on any atom is 0.405 e. The van der Waals surface area contributed by atoms with Gasteiger partial charge in [0.15, 0.2) is 17.7 Å². The molecule has 410 valence electrons. The molecule has 1 aromatic carbocycles. The van der Waals surface area contributed by atoms with E-state index in [1.165, 1.54) is 32.4 Å². The zero-order valence-electron chi connectivity index (χ0n) is 43.9. The fourth-order valence-corrected chi connectivity index (χ4v) is 10.3. The predicted octanol–water partition coefficient (Wildman–Crippen LogP) is 8.20. The second kappa shape index (κ2) is 27.1. The first kappa shape index (κ1) is 58.9. The van der Waals surface area contributed by atoms with Crippen LogP contribution in [0.15, 0.2) is 95.3 Å². The number of benzene rings is 1. The van der Waals surface area contributed by atoms with Gasteiger partial charge in [-0.15, -0.1) is 0 Å². The number of nitrogens with two attached hydrogens (primary N) is 2. The Morgan fingerprint density at radius 2 is 1.78 bits per heavy atom. The SMILES string of the molecule is CO[C@H]1/C=C\C=C(/C)C(=O)NC2=CC(=O)C(NCCCCCC(=O)N3CCC(n4cc(-c5cnc(N)c(OC(C)c6c(Cl)ccc(F)c6Cl)c5)cn4)CC3)=C(C[C@@H](C)C[C@H](OC)[C@@H](O)[C@@H](C)/C=C(\C)[C@@H]1OC(N)=O)C2=O. The van der Waals surface area contributed by atoms with Gasteiger partial charge in [0.2, 0.25) is 17.5 Å². The third kappa shape index (κ3) is 15.0. The van der Waals surface area contributed by atoms with Crippen LogP contribution in [0.25, 0.3) is 11.1 Å². The largest absolute Gasteiger partial charge is 0.482 e. The van der Waals surface area contributed by atoms with Crippen LogP contribution in [0.5, 0.6) is 5.75 Å². The van der Waals surface area contributed by atoms with E-state index in [4.69, 9.17) is 53.6 Å². The number of methoxy groups -OCH3 is 2. The van der Waals surface area contributed by atoms with Crippen LogP contribution >= 0.6 is 23.2 Å². The summed E-state index contributed by atoms with van der Waals surface area (Å²) in [6, 6.07) is 4.41. The lowest BCUT2D eigenvalue weighted by Crippen LogP contribution is -2.39. The Bertz CT molecular complexity index is 2790. The van der Waals surface area contributed by atoms with Crippen LogP contribution in [0, 0.1) is 17.7 Å². The van der Waals surface area contributed by atoms with Gasteiger partial charge in [0.1, 0.15) is 18.0 Å². The highest BCUT2D eigenvalue weighted by Gasteiger charge is 2.34. The Kier molecular flexibility index (Phi) is 21.0. The highest BCUT2D eigenvalue weighted by Crippen LogP contribution is 2.38. The molecule has 4 heterocycles. The molecule has 2 bridgehead atoms. The summed E-state index contributed by atoms with van der Waals surface area (Å²) < 4.78 is 39.0. The molecule has 7 atom stereocenters. The molecule has 2 aliphatic heterocycles. The van der Waals surface area contributed by atoms with Crippen LogP contribution in [-0.2, 0) is 33.4 Å². The monoisotopic (exact) mass is 1090 g/mol. The number of allylic oxidation sites excluding steroid dienone is 4. The molecule has 1 fully saturated rings. The van der Waals surface area contributed by atoms with Crippen molar-refractivity contribution in [3.8, 4) is 16.9 Å². The molecular formula is C55H69Cl2FN8O10. The van der Waals surface area contributed by atoms with E-state index in [1.54, 1.807) is 64.4 Å². The van der Waals surface area contributed by atoms with E-state index in [9.17, 15) is 33.5 Å². The number of carbonyl (C=O) groups excluding carboxylic acids is 5. The van der Waals surface area contributed by atoms with Gasteiger partial charge in [-0.2, -0.15) is 5.10 Å². The van der Waals surface area contributed by atoms with E-state index in [0.717, 1.165) is 11.6 Å². The van der Waals surface area contributed by atoms with Gasteiger partial charge in [-0.05, 0) is 89.0 Å². The third-order valence-electron chi connectivity index (χ3n) is 14.0. The second-order valence-electron chi connectivity index (χ2n) is 19.6. The average Bonchev–Trinajstić information content (AvgIpc) is 3.89. The quantitative estimate of drug-likeness (QED) is 0.0416. The number of Topliss-reactive ketones (excluding diaryl/α,β-unsaturated/α-hetero) is 1. The number of halogens is 3. The molecule has 1 aliphatic carbocycles. The van der Waals surface area contributed by atoms with Gasteiger partial charge in [0.05, 0.1) is 40.9 Å². The van der Waals surface area contributed by atoms with E-state index in [1.807, 2.05) is 22.7 Å². The zero-order chi connectivity index (χ0) is 55.4. The highest BCUT2D eigenvalue weighted by atomic mass is 35.5. The Balaban J connectivity index is 1.03. The second-order valence-corrected chi connectivity index (χ2v) is 20.4. The number of rotatable bonds is 15. The number of ketones is 2. The standard InChI is InChI=1S/C55H69Cl2FN8O10/c1-30-22-38-49(42(67)26-41(51(38)70)64-54(71)31(2)12-11-13-43(73-6)52(76-55(60)72)33(4)24-32(3)50(69)44(23-30)74-7)61-19-10-8-9-14-46(68)65-20-17-37(18-21-65)66-29-36(28-63-66)35-25-45(53(59)62-27-35)75-34(5)47-39(56)15-16-40(58)48(47)57/h11-13,15-16,24-30,32,34,37,43-44,50,52,61,69H,8-10,14,17-23H2,1-7H3,(H2,59,62)(H2,60,72)(H,64,71)/b13-11-,31-12+,33-24+/t30-,32+,34?,43+,44+,50+,52+/m1/s1. The number of nitrogens with zero attached hydrogens (tertiary/aromatic N) is 4. The molecule has 2 aromatic heterocycles. The maximum atomic E-state index is 14.2. The Morgan fingerprint density at radius 3 is 2.47 bits per heavy atom. The number of fused-ring (bicyclic) bond motifs is 2. The number of anilines is 1. The van der Waals surface area contributed by atoms with Crippen molar-refractivity contribution in [2.75, 3.05) is 39.6 Å². The average molecular weight is 1090 g/mol. The molecule has 18 nitrogen and oxygen atoms in total. The number of likely N-dealkylation sites (tertiary alicyclic amines) is 1. The summed E-state index contributed by atoms with van der Waals surface area (Å²) in [5, 5.41) is 22.1. The van der Waals surface area contributed by atoms with E-state index in [0.29, 0.717) is 81.3 Å². The Morgan fingerprint density at radius 1 is 1.04 bits per heavy atom. The molecule has 3 amide bonds. The zero-order valence-corrected chi connectivity index (χ0v) is 45.5. The summed E-state index contributed by atoms with van der Waals surface area (Å²) in [4.78, 5) is 72.8. The molecular weight excluding hydrogens is 1020 g/mol. The van der Waals surface area contributed by atoms with Gasteiger partial charge in [0.25, 0.3) is 5.91 Å². The molecule has 21 heteroatoms. The fraction of sp³-hybridized carbons (Fsp3) is 0.473. The van der Waals surface area contributed by atoms with Gasteiger partial charge in [-0.3, -0.25) is 23.9 Å². The van der Waals surface area contributed by atoms with Crippen LogP contribution in [0.2, 0.25) is 10.0 Å². The number of ether oxygens (including phenoxy) is 4. The van der Waals surface area contributed by atoms with Crippen molar-refractivity contribution in [3.05, 3.63) is 117 Å². The van der Waals surface area contributed by atoms with E-state index < -0.39 is 65.8 Å². The number of piperidine rings is 1. The smallest absolute Gasteiger partial charge is 0.405 e. The van der Waals surface area contributed by atoms with Gasteiger partial charge >= 0.3 is 6.09 Å². The van der Waals surface area contributed by atoms with Crippen LogP contribution in [0.1, 0.15) is 104 Å². The number of unbranched alkanes of at least 4 members (excludes halogenated alkanes) is 2. The Labute approximate surface area is 452 Å². The van der Waals surface area contributed by atoms with Crippen molar-refractivity contribution in [3.63, 3.8) is 0 Å². The molecule has 3 aromatic rings. The molecule has 0 radical (unpaired) electrons. The van der Waals surface area contributed by atoms with Gasteiger partial charge in [0, 0.05) is 97.5 Å². The molecule has 3 aliphatic rings. The Hall–Kier alpha value is -6.38. The van der Waals surface area contributed by atoms with E-state index in [2.05, 4.69) is 20.7 Å². The van der Waals surface area contributed by atoms with Gasteiger partial charge in [-0.25, -0.2) is 14.2 Å². The summed E-state index contributed by atoms with van der Waals surface area (Å²) in [6.45, 7) is 10.1. The van der Waals surface area contributed by atoms with Crippen LogP contribution in [0.3, 0.4) is 0 Å². The molecule has 76 heavy (non-hydrogen) atoms. The summed E-state index contributed by atoms with van der Waals surface area (Å²) in [5.41, 5.74) is 14.3. The molecule has 0 spiro atoms. The summed E-state index contributed by atoms with van der Waals surface area (Å²) in [6.07, 6.45) is 11.6. The first-order chi connectivity index (χ1) is 36.2. The number of pyridine rings is 1. The lowest BCUT2D eigenvalue weighted by molar-refractivity contribution is -0.132. The number of primary amides is 1. The molecule has 1 saturated heterocycles. The molecule has 1 unspecified atom stereocenters. The number of nitrogens with one attached hydrogen (secondary N) is 2. The van der Waals surface area contributed by atoms with Gasteiger partial charge < -0.3 is 51.1 Å². The van der Waals surface area contributed by atoms with Crippen LogP contribution in [0.4, 0.5) is 15.0 Å². The summed E-state index contributed by atoms with van der Waals surface area (Å²) in [7, 11) is 2.91. The minimum Gasteiger partial charge on any atom is -0.482 e. The summed E-state index contributed by atoms with van der Waals surface area (Å²) in [5.74, 6) is -2.51. The molecule has 6 rings (SSSR count). The van der Waals surface area contributed by atoms with Crippen molar-refractivity contribution in [1.29, 1.82) is 0 Å². The first-order valence-electron chi connectivity index (χ1n) is 25.4. The van der Waals surface area contributed by atoms with Crippen molar-refractivity contribution in [2.45, 2.75) is 123 Å². The maximum absolute atomic E-state index is 14.2. The number of hydrogen-bond acceptors (Lipinski definition) is 14. The number of amides is 3. The number of nitrogen functional groups attached to an aromatic ring is 1. The predicted molar refractivity (Wildman–Crippen MR) is 286 cm³/mol. The topological polar surface area (TPSA) is 253 Å². The lowest BCUT2D eigenvalue weighted by Gasteiger charge is -2.32. The van der Waals surface area contributed by atoms with Crippen LogP contribution < -0.4 is 26.8 Å². The number of aromatic nitrogens is 3. The van der Waals surface area contributed by atoms with Crippen molar-refractivity contribution in [1.82, 2.24) is 30.3 Å². The van der Waals surface area contributed by atoms with Crippen molar-refractivity contribution >= 4 is 58.5 Å². The van der Waals surface area contributed by atoms with Gasteiger partial charge in [-0.1, -0.05) is 67.8 Å². The summed E-state index contributed by atoms with van der Waals surface area (Å²) >= 11 is 12.5. The number of hydrogen-bond donors (Lipinski definition) is 5. The van der Waals surface area contributed by atoms with Crippen molar-refractivity contribution < 1.29 is 52.4 Å². The highest BCUT2D eigenvalue weighted by molar-refractivity contribution is 6.36. The van der Waals surface area contributed by atoms with E-state index >= 15 is 0 Å². The van der Waals surface area contributed by atoms with Crippen molar-refractivity contribution in [2.24, 2.45) is 17.6 Å². The number of carbonyl (C=O) groups is 5. The third-order valence-corrected chi connectivity index (χ3v) is 14.7. The normalized spacial score (nSPS) is 24.6. The minimum atomic E-state index is -1.02. The fourth-order valence-electron chi connectivity index (χ4n) is 9.67. The molecule has 7 N–H and O–H groups in total. The minimum absolute atomic E-state index is 0.0594. The number of aliphatic hydroxyl groups excluding tert-OH is 1. The lowest BCUT2D eigenvalue weighted by atomic mass is 9.85. The van der Waals surface area contributed by atoms with E-state index in [-0.39, 0.29) is 68.4 Å². The number of aliphatic hydroxyl groups is 1.